The maximum atomic E-state index is 12.5. The van der Waals surface area contributed by atoms with Gasteiger partial charge in [-0.05, 0) is 43.2 Å². The Morgan fingerprint density at radius 2 is 2.00 bits per heavy atom. The third-order valence-corrected chi connectivity index (χ3v) is 4.37. The minimum atomic E-state index is -0.0222. The Balaban J connectivity index is 2.03. The lowest BCUT2D eigenvalue weighted by Gasteiger charge is -2.32. The molecule has 0 saturated carbocycles. The maximum absolute atomic E-state index is 12.5. The number of carbonyl (C=O) groups is 1. The van der Waals surface area contributed by atoms with Gasteiger partial charge in [0.1, 0.15) is 5.76 Å². The van der Waals surface area contributed by atoms with Crippen molar-refractivity contribution in [3.63, 3.8) is 0 Å². The summed E-state index contributed by atoms with van der Waals surface area (Å²) in [5.41, 5.74) is 0.670. The lowest BCUT2D eigenvalue weighted by molar-refractivity contribution is -0.122. The predicted octanol–water partition coefficient (Wildman–Crippen LogP) is 4.75. The Morgan fingerprint density at radius 3 is 2.56 bits per heavy atom. The molecule has 0 aliphatic carbocycles. The normalized spacial score (nSPS) is 13.2. The Kier molecular flexibility index (Phi) is 6.09. The molecule has 25 heavy (non-hydrogen) atoms. The van der Waals surface area contributed by atoms with E-state index in [4.69, 9.17) is 8.83 Å². The summed E-state index contributed by atoms with van der Waals surface area (Å²) < 4.78 is 10.9. The maximum Gasteiger partial charge on any atom is 0.263 e. The zero-order chi connectivity index (χ0) is 18.6. The molecule has 2 aromatic rings. The molecule has 2 aromatic heterocycles. The number of furan rings is 1. The van der Waals surface area contributed by atoms with Gasteiger partial charge in [-0.1, -0.05) is 34.6 Å². The van der Waals surface area contributed by atoms with Gasteiger partial charge in [0.15, 0.2) is 5.76 Å². The van der Waals surface area contributed by atoms with E-state index in [1.165, 1.54) is 0 Å². The molecular weight excluding hydrogens is 316 g/mol. The first-order valence-corrected chi connectivity index (χ1v) is 8.96. The molecule has 0 radical (unpaired) electrons. The van der Waals surface area contributed by atoms with Crippen LogP contribution in [-0.4, -0.2) is 16.9 Å². The minimum absolute atomic E-state index is 0.0166. The fourth-order valence-electron chi connectivity index (χ4n) is 2.72. The van der Waals surface area contributed by atoms with E-state index >= 15 is 0 Å². The van der Waals surface area contributed by atoms with Crippen LogP contribution in [0, 0.1) is 18.3 Å². The number of nitrogens with one attached hydrogen (secondary N) is 1. The van der Waals surface area contributed by atoms with Crippen LogP contribution in [0.4, 0.5) is 0 Å². The summed E-state index contributed by atoms with van der Waals surface area (Å²) >= 11 is 0. The van der Waals surface area contributed by atoms with Gasteiger partial charge >= 0.3 is 0 Å². The van der Waals surface area contributed by atoms with Crippen LogP contribution >= 0.6 is 0 Å². The third kappa shape index (κ3) is 5.48. The summed E-state index contributed by atoms with van der Waals surface area (Å²) in [4.78, 5) is 17.0. The largest absolute Gasteiger partial charge is 0.459 e. The van der Waals surface area contributed by atoms with Crippen molar-refractivity contribution >= 4 is 5.91 Å². The van der Waals surface area contributed by atoms with Crippen LogP contribution in [0.15, 0.2) is 27.2 Å². The highest BCUT2D eigenvalue weighted by Crippen LogP contribution is 2.25. The number of aryl methyl sites for hydroxylation is 1. The number of hydrogen-bond acceptors (Lipinski definition) is 4. The lowest BCUT2D eigenvalue weighted by Crippen LogP contribution is -2.44. The van der Waals surface area contributed by atoms with Gasteiger partial charge in [0.2, 0.25) is 5.91 Å². The summed E-state index contributed by atoms with van der Waals surface area (Å²) in [6.07, 6.45) is 3.85. The highest BCUT2D eigenvalue weighted by molar-refractivity contribution is 5.78. The number of aromatic nitrogens is 1. The standard InChI is InChI=1S/C20H30N2O3/c1-13(2)9-10-17(20(4,5)6)22-18(23)12-15-14(3)25-19(21-15)16-8-7-11-24-16/h7-8,11,13,17H,9-10,12H2,1-6H3,(H,22,23). The first kappa shape index (κ1) is 19.3. The number of nitrogens with zero attached hydrogens (tertiary/aromatic N) is 1. The Bertz CT molecular complexity index is 678. The molecule has 0 aromatic carbocycles. The van der Waals surface area contributed by atoms with Crippen molar-refractivity contribution < 1.29 is 13.6 Å². The highest BCUT2D eigenvalue weighted by Gasteiger charge is 2.27. The molecular formula is C20H30N2O3. The van der Waals surface area contributed by atoms with Crippen molar-refractivity contribution in [2.45, 2.75) is 66.8 Å². The topological polar surface area (TPSA) is 68.3 Å². The molecule has 138 valence electrons. The molecule has 0 aliphatic heterocycles. The van der Waals surface area contributed by atoms with E-state index < -0.39 is 0 Å². The second-order valence-corrected chi connectivity index (χ2v) is 8.13. The lowest BCUT2D eigenvalue weighted by atomic mass is 9.82. The van der Waals surface area contributed by atoms with Gasteiger partial charge in [-0.25, -0.2) is 4.98 Å². The fourth-order valence-corrected chi connectivity index (χ4v) is 2.72. The average molecular weight is 346 g/mol. The van der Waals surface area contributed by atoms with Gasteiger partial charge in [-0.15, -0.1) is 0 Å². The predicted molar refractivity (Wildman–Crippen MR) is 98.1 cm³/mol. The fraction of sp³-hybridized carbons (Fsp3) is 0.600. The molecule has 0 aliphatic rings. The third-order valence-electron chi connectivity index (χ3n) is 4.37. The minimum Gasteiger partial charge on any atom is -0.459 e. The van der Waals surface area contributed by atoms with E-state index in [9.17, 15) is 4.79 Å². The summed E-state index contributed by atoms with van der Waals surface area (Å²) in [7, 11) is 0. The van der Waals surface area contributed by atoms with Crippen LogP contribution in [0.3, 0.4) is 0 Å². The molecule has 5 heteroatoms. The summed E-state index contributed by atoms with van der Waals surface area (Å²) in [5.74, 6) is 2.23. The molecule has 1 unspecified atom stereocenters. The van der Waals surface area contributed by atoms with Gasteiger partial charge in [-0.2, -0.15) is 0 Å². The monoisotopic (exact) mass is 346 g/mol. The number of hydrogen-bond donors (Lipinski definition) is 1. The van der Waals surface area contributed by atoms with Crippen molar-refractivity contribution in [3.8, 4) is 11.7 Å². The Labute approximate surface area is 150 Å². The molecule has 5 nitrogen and oxygen atoms in total. The summed E-state index contributed by atoms with van der Waals surface area (Å²) in [5, 5.41) is 3.19. The van der Waals surface area contributed by atoms with Crippen LogP contribution in [0.2, 0.25) is 0 Å². The van der Waals surface area contributed by atoms with E-state index in [-0.39, 0.29) is 23.8 Å². The summed E-state index contributed by atoms with van der Waals surface area (Å²) in [6.45, 7) is 12.7. The zero-order valence-electron chi connectivity index (χ0n) is 16.2. The average Bonchev–Trinajstić information content (AvgIpc) is 3.12. The Hall–Kier alpha value is -2.04. The SMILES string of the molecule is Cc1oc(-c2ccco2)nc1CC(=O)NC(CCC(C)C)C(C)(C)C. The van der Waals surface area contributed by atoms with Crippen molar-refractivity contribution in [2.75, 3.05) is 0 Å². The molecule has 2 rings (SSSR count). The van der Waals surface area contributed by atoms with Crippen LogP contribution in [-0.2, 0) is 11.2 Å². The van der Waals surface area contributed by atoms with E-state index in [0.717, 1.165) is 12.8 Å². The van der Waals surface area contributed by atoms with E-state index in [1.54, 1.807) is 18.4 Å². The van der Waals surface area contributed by atoms with Gasteiger partial charge in [0.25, 0.3) is 5.89 Å². The van der Waals surface area contributed by atoms with Gasteiger partial charge in [0.05, 0.1) is 18.4 Å². The number of oxazole rings is 1. The zero-order valence-corrected chi connectivity index (χ0v) is 16.2. The van der Waals surface area contributed by atoms with Crippen LogP contribution in [0.5, 0.6) is 0 Å². The van der Waals surface area contributed by atoms with Gasteiger partial charge < -0.3 is 14.2 Å². The highest BCUT2D eigenvalue weighted by atomic mass is 16.4. The second kappa shape index (κ2) is 7.89. The molecule has 0 saturated heterocycles. The van der Waals surface area contributed by atoms with Crippen molar-refractivity contribution in [1.82, 2.24) is 10.3 Å². The van der Waals surface area contributed by atoms with Crippen LogP contribution in [0.25, 0.3) is 11.7 Å². The van der Waals surface area contributed by atoms with Crippen LogP contribution < -0.4 is 5.32 Å². The smallest absolute Gasteiger partial charge is 0.263 e. The quantitative estimate of drug-likeness (QED) is 0.785. The number of carbonyl (C=O) groups excluding carboxylic acids is 1. The molecule has 0 spiro atoms. The molecule has 1 N–H and O–H groups in total. The number of rotatable bonds is 7. The van der Waals surface area contributed by atoms with E-state index in [0.29, 0.717) is 29.0 Å². The van der Waals surface area contributed by atoms with Crippen molar-refractivity contribution in [3.05, 3.63) is 29.9 Å². The van der Waals surface area contributed by atoms with Gasteiger partial charge in [-0.3, -0.25) is 4.79 Å². The molecule has 2 heterocycles. The van der Waals surface area contributed by atoms with Crippen molar-refractivity contribution in [1.29, 1.82) is 0 Å². The Morgan fingerprint density at radius 1 is 1.28 bits per heavy atom. The molecule has 1 atom stereocenters. The van der Waals surface area contributed by atoms with Crippen molar-refractivity contribution in [2.24, 2.45) is 11.3 Å². The molecule has 0 fully saturated rings. The first-order chi connectivity index (χ1) is 11.7. The number of amides is 1. The molecule has 1 amide bonds. The van der Waals surface area contributed by atoms with E-state index in [2.05, 4.69) is 44.9 Å². The van der Waals surface area contributed by atoms with Crippen LogP contribution in [0.1, 0.15) is 58.9 Å². The van der Waals surface area contributed by atoms with Gasteiger partial charge in [0, 0.05) is 6.04 Å². The van der Waals surface area contributed by atoms with E-state index in [1.807, 2.05) is 6.92 Å². The molecule has 0 bridgehead atoms. The first-order valence-electron chi connectivity index (χ1n) is 8.96. The second-order valence-electron chi connectivity index (χ2n) is 8.13. The summed E-state index contributed by atoms with van der Waals surface area (Å²) in [6, 6.07) is 3.71.